The molecule has 0 aromatic heterocycles. The zero-order valence-electron chi connectivity index (χ0n) is 10.9. The SMILES string of the molecule is CN(CCNC1CCCCCCC1)C1CC1. The van der Waals surface area contributed by atoms with Gasteiger partial charge >= 0.3 is 0 Å². The number of nitrogens with one attached hydrogen (secondary N) is 1. The van der Waals surface area contributed by atoms with Gasteiger partial charge in [-0.3, -0.25) is 0 Å². The molecule has 94 valence electrons. The predicted molar refractivity (Wildman–Crippen MR) is 69.8 cm³/mol. The van der Waals surface area contributed by atoms with Crippen molar-refractivity contribution in [3.05, 3.63) is 0 Å². The summed E-state index contributed by atoms with van der Waals surface area (Å²) in [7, 11) is 2.28. The highest BCUT2D eigenvalue weighted by Crippen LogP contribution is 2.24. The summed E-state index contributed by atoms with van der Waals surface area (Å²) in [5, 5.41) is 3.76. The molecule has 0 atom stereocenters. The van der Waals surface area contributed by atoms with Crippen molar-refractivity contribution < 1.29 is 0 Å². The molecular formula is C14H28N2. The summed E-state index contributed by atoms with van der Waals surface area (Å²) in [6.07, 6.45) is 12.9. The van der Waals surface area contributed by atoms with Gasteiger partial charge in [-0.25, -0.2) is 0 Å². The van der Waals surface area contributed by atoms with E-state index in [1.165, 1.54) is 70.9 Å². The average molecular weight is 224 g/mol. The first-order chi connectivity index (χ1) is 7.86. The maximum absolute atomic E-state index is 3.76. The summed E-state index contributed by atoms with van der Waals surface area (Å²) in [4.78, 5) is 2.52. The van der Waals surface area contributed by atoms with E-state index in [9.17, 15) is 0 Å². The molecule has 0 heterocycles. The van der Waals surface area contributed by atoms with Gasteiger partial charge in [0.25, 0.3) is 0 Å². The molecule has 0 radical (unpaired) electrons. The van der Waals surface area contributed by atoms with Crippen molar-refractivity contribution in [2.24, 2.45) is 0 Å². The van der Waals surface area contributed by atoms with Crippen molar-refractivity contribution in [1.82, 2.24) is 10.2 Å². The Hall–Kier alpha value is -0.0800. The minimum atomic E-state index is 0.813. The second-order valence-corrected chi connectivity index (χ2v) is 5.71. The van der Waals surface area contributed by atoms with Gasteiger partial charge in [-0.05, 0) is 32.7 Å². The van der Waals surface area contributed by atoms with Crippen LogP contribution < -0.4 is 5.32 Å². The fourth-order valence-corrected chi connectivity index (χ4v) is 2.80. The van der Waals surface area contributed by atoms with Crippen LogP contribution >= 0.6 is 0 Å². The zero-order valence-corrected chi connectivity index (χ0v) is 10.9. The molecule has 0 amide bonds. The molecule has 2 fully saturated rings. The third-order valence-electron chi connectivity index (χ3n) is 4.17. The molecule has 0 aromatic carbocycles. The number of rotatable bonds is 5. The minimum absolute atomic E-state index is 0.813. The molecule has 0 unspecified atom stereocenters. The third kappa shape index (κ3) is 4.42. The highest BCUT2D eigenvalue weighted by molar-refractivity contribution is 4.82. The van der Waals surface area contributed by atoms with E-state index in [-0.39, 0.29) is 0 Å². The van der Waals surface area contributed by atoms with E-state index in [0.717, 1.165) is 12.1 Å². The minimum Gasteiger partial charge on any atom is -0.313 e. The van der Waals surface area contributed by atoms with Crippen LogP contribution in [0.4, 0.5) is 0 Å². The Morgan fingerprint density at radius 1 is 0.938 bits per heavy atom. The molecule has 1 N–H and O–H groups in total. The Kier molecular flexibility index (Phi) is 5.11. The molecular weight excluding hydrogens is 196 g/mol. The quantitative estimate of drug-likeness (QED) is 0.772. The lowest BCUT2D eigenvalue weighted by Gasteiger charge is -2.23. The van der Waals surface area contributed by atoms with Crippen LogP contribution in [-0.2, 0) is 0 Å². The fourth-order valence-electron chi connectivity index (χ4n) is 2.80. The van der Waals surface area contributed by atoms with Gasteiger partial charge in [0, 0.05) is 25.2 Å². The maximum atomic E-state index is 3.76. The largest absolute Gasteiger partial charge is 0.313 e. The first-order valence-electron chi connectivity index (χ1n) is 7.30. The fraction of sp³-hybridized carbons (Fsp3) is 1.00. The van der Waals surface area contributed by atoms with Gasteiger partial charge in [0.05, 0.1) is 0 Å². The van der Waals surface area contributed by atoms with Crippen LogP contribution in [0.5, 0.6) is 0 Å². The molecule has 0 bridgehead atoms. The van der Waals surface area contributed by atoms with Crippen molar-refractivity contribution in [1.29, 1.82) is 0 Å². The van der Waals surface area contributed by atoms with E-state index in [1.807, 2.05) is 0 Å². The first-order valence-corrected chi connectivity index (χ1v) is 7.30. The van der Waals surface area contributed by atoms with Crippen molar-refractivity contribution in [3.63, 3.8) is 0 Å². The Balaban J connectivity index is 1.56. The molecule has 0 saturated heterocycles. The second-order valence-electron chi connectivity index (χ2n) is 5.71. The molecule has 2 aliphatic rings. The standard InChI is InChI=1S/C14H28N2/c1-16(14-9-10-14)12-11-15-13-7-5-3-2-4-6-8-13/h13-15H,2-12H2,1H3. The van der Waals surface area contributed by atoms with Gasteiger partial charge in [-0.1, -0.05) is 32.1 Å². The summed E-state index contributed by atoms with van der Waals surface area (Å²) < 4.78 is 0. The lowest BCUT2D eigenvalue weighted by Crippen LogP contribution is -2.36. The molecule has 0 aromatic rings. The van der Waals surface area contributed by atoms with Crippen molar-refractivity contribution >= 4 is 0 Å². The zero-order chi connectivity index (χ0) is 11.2. The molecule has 0 aliphatic heterocycles. The molecule has 2 nitrogen and oxygen atoms in total. The van der Waals surface area contributed by atoms with Crippen LogP contribution in [-0.4, -0.2) is 37.1 Å². The lowest BCUT2D eigenvalue weighted by atomic mass is 9.97. The Morgan fingerprint density at radius 3 is 2.19 bits per heavy atom. The van der Waals surface area contributed by atoms with E-state index in [2.05, 4.69) is 17.3 Å². The van der Waals surface area contributed by atoms with Gasteiger partial charge < -0.3 is 10.2 Å². The van der Waals surface area contributed by atoms with Gasteiger partial charge in [-0.2, -0.15) is 0 Å². The average Bonchev–Trinajstić information content (AvgIpc) is 3.04. The molecule has 2 aliphatic carbocycles. The number of likely N-dealkylation sites (N-methyl/N-ethyl adjacent to an activating group) is 1. The van der Waals surface area contributed by atoms with Crippen LogP contribution in [0.2, 0.25) is 0 Å². The van der Waals surface area contributed by atoms with Crippen molar-refractivity contribution in [2.75, 3.05) is 20.1 Å². The summed E-state index contributed by atoms with van der Waals surface area (Å²) in [5.41, 5.74) is 0. The van der Waals surface area contributed by atoms with Crippen LogP contribution in [0.15, 0.2) is 0 Å². The Bertz CT molecular complexity index is 181. The van der Waals surface area contributed by atoms with Crippen LogP contribution in [0.25, 0.3) is 0 Å². The highest BCUT2D eigenvalue weighted by atomic mass is 15.2. The van der Waals surface area contributed by atoms with Crippen LogP contribution in [0.1, 0.15) is 57.8 Å². The van der Waals surface area contributed by atoms with Crippen molar-refractivity contribution in [3.8, 4) is 0 Å². The van der Waals surface area contributed by atoms with Gasteiger partial charge in [0.15, 0.2) is 0 Å². The van der Waals surface area contributed by atoms with E-state index >= 15 is 0 Å². The number of hydrogen-bond donors (Lipinski definition) is 1. The van der Waals surface area contributed by atoms with Gasteiger partial charge in [0.1, 0.15) is 0 Å². The van der Waals surface area contributed by atoms with Gasteiger partial charge in [-0.15, -0.1) is 0 Å². The molecule has 2 heteroatoms. The summed E-state index contributed by atoms with van der Waals surface area (Å²) >= 11 is 0. The highest BCUT2D eigenvalue weighted by Gasteiger charge is 2.25. The second kappa shape index (κ2) is 6.61. The number of hydrogen-bond acceptors (Lipinski definition) is 2. The van der Waals surface area contributed by atoms with Crippen molar-refractivity contribution in [2.45, 2.75) is 69.9 Å². The molecule has 16 heavy (non-hydrogen) atoms. The normalized spacial score (nSPS) is 24.4. The summed E-state index contributed by atoms with van der Waals surface area (Å²) in [5.74, 6) is 0. The van der Waals surface area contributed by atoms with Crippen LogP contribution in [0, 0.1) is 0 Å². The number of nitrogens with zero attached hydrogens (tertiary/aromatic N) is 1. The molecule has 2 rings (SSSR count). The Labute approximate surface area is 101 Å². The smallest absolute Gasteiger partial charge is 0.0107 e. The monoisotopic (exact) mass is 224 g/mol. The van der Waals surface area contributed by atoms with E-state index < -0.39 is 0 Å². The predicted octanol–water partition coefficient (Wildman–Crippen LogP) is 2.78. The summed E-state index contributed by atoms with van der Waals surface area (Å²) in [6, 6.07) is 1.73. The maximum Gasteiger partial charge on any atom is 0.0107 e. The first kappa shape index (κ1) is 12.4. The molecule has 2 saturated carbocycles. The topological polar surface area (TPSA) is 15.3 Å². The van der Waals surface area contributed by atoms with E-state index in [0.29, 0.717) is 0 Å². The van der Waals surface area contributed by atoms with E-state index in [4.69, 9.17) is 0 Å². The summed E-state index contributed by atoms with van der Waals surface area (Å²) in [6.45, 7) is 2.43. The molecule has 0 spiro atoms. The lowest BCUT2D eigenvalue weighted by molar-refractivity contribution is 0.303. The van der Waals surface area contributed by atoms with Crippen LogP contribution in [0.3, 0.4) is 0 Å². The van der Waals surface area contributed by atoms with Gasteiger partial charge in [0.2, 0.25) is 0 Å². The van der Waals surface area contributed by atoms with E-state index in [1.54, 1.807) is 0 Å². The Morgan fingerprint density at radius 2 is 1.56 bits per heavy atom. The third-order valence-corrected chi connectivity index (χ3v) is 4.17.